The molecule has 0 atom stereocenters. The van der Waals surface area contributed by atoms with E-state index in [-0.39, 0.29) is 0 Å². The SMILES string of the molecule is C=Cc1ccccc1OCCC.CCCCNCCC. The van der Waals surface area contributed by atoms with Gasteiger partial charge in [0.15, 0.2) is 0 Å². The Morgan fingerprint density at radius 3 is 2.40 bits per heavy atom. The predicted octanol–water partition coefficient (Wildman–Crippen LogP) is 4.90. The van der Waals surface area contributed by atoms with Crippen molar-refractivity contribution in [2.45, 2.75) is 46.5 Å². The Kier molecular flexibility index (Phi) is 13.2. The zero-order chi connectivity index (χ0) is 15.1. The first-order valence-corrected chi connectivity index (χ1v) is 7.85. The Morgan fingerprint density at radius 1 is 1.05 bits per heavy atom. The quantitative estimate of drug-likeness (QED) is 0.648. The first kappa shape index (κ1) is 18.7. The summed E-state index contributed by atoms with van der Waals surface area (Å²) in [6.45, 7) is 13.4. The first-order chi connectivity index (χ1) is 9.79. The lowest BCUT2D eigenvalue weighted by atomic mass is 10.2. The van der Waals surface area contributed by atoms with Gasteiger partial charge in [-0.25, -0.2) is 0 Å². The van der Waals surface area contributed by atoms with E-state index in [1.807, 2.05) is 30.3 Å². The van der Waals surface area contributed by atoms with Crippen LogP contribution in [0.25, 0.3) is 6.08 Å². The maximum atomic E-state index is 5.51. The van der Waals surface area contributed by atoms with E-state index in [9.17, 15) is 0 Å². The molecule has 1 rings (SSSR count). The van der Waals surface area contributed by atoms with Crippen molar-refractivity contribution in [3.63, 3.8) is 0 Å². The van der Waals surface area contributed by atoms with E-state index in [4.69, 9.17) is 4.74 Å². The fourth-order valence-corrected chi connectivity index (χ4v) is 1.60. The van der Waals surface area contributed by atoms with Crippen LogP contribution in [-0.4, -0.2) is 19.7 Å². The van der Waals surface area contributed by atoms with Gasteiger partial charge in [-0.3, -0.25) is 0 Å². The van der Waals surface area contributed by atoms with Crippen LogP contribution < -0.4 is 10.1 Å². The maximum Gasteiger partial charge on any atom is 0.126 e. The predicted molar refractivity (Wildman–Crippen MR) is 90.4 cm³/mol. The maximum absolute atomic E-state index is 5.51. The minimum Gasteiger partial charge on any atom is -0.493 e. The zero-order valence-corrected chi connectivity index (χ0v) is 13.5. The zero-order valence-electron chi connectivity index (χ0n) is 13.5. The van der Waals surface area contributed by atoms with Crippen LogP contribution in [-0.2, 0) is 0 Å². The summed E-state index contributed by atoms with van der Waals surface area (Å²) in [5, 5.41) is 3.34. The van der Waals surface area contributed by atoms with Crippen molar-refractivity contribution in [3.05, 3.63) is 36.4 Å². The normalized spacial score (nSPS) is 9.55. The lowest BCUT2D eigenvalue weighted by Gasteiger charge is -2.06. The van der Waals surface area contributed by atoms with Crippen molar-refractivity contribution in [1.29, 1.82) is 0 Å². The van der Waals surface area contributed by atoms with E-state index in [0.717, 1.165) is 24.3 Å². The standard InChI is InChI=1S/C11H14O.C7H17N/c1-3-9-12-11-8-6-5-7-10(11)4-2;1-3-5-7-8-6-4-2/h4-8H,2-3,9H2,1H3;8H,3-7H2,1-2H3. The molecule has 0 saturated carbocycles. The largest absolute Gasteiger partial charge is 0.493 e. The van der Waals surface area contributed by atoms with Crippen molar-refractivity contribution >= 4 is 6.08 Å². The molecule has 0 aromatic heterocycles. The van der Waals surface area contributed by atoms with Crippen molar-refractivity contribution in [3.8, 4) is 5.75 Å². The molecule has 20 heavy (non-hydrogen) atoms. The third-order valence-electron chi connectivity index (χ3n) is 2.73. The second kappa shape index (κ2) is 14.1. The number of unbranched alkanes of at least 4 members (excludes halogenated alkanes) is 1. The van der Waals surface area contributed by atoms with E-state index in [1.165, 1.54) is 32.4 Å². The van der Waals surface area contributed by atoms with Crippen LogP contribution >= 0.6 is 0 Å². The first-order valence-electron chi connectivity index (χ1n) is 7.85. The van der Waals surface area contributed by atoms with Crippen LogP contribution in [0.5, 0.6) is 5.75 Å². The molecule has 0 saturated heterocycles. The fourth-order valence-electron chi connectivity index (χ4n) is 1.60. The number of ether oxygens (including phenoxy) is 1. The minimum atomic E-state index is 0.769. The lowest BCUT2D eigenvalue weighted by molar-refractivity contribution is 0.317. The van der Waals surface area contributed by atoms with Gasteiger partial charge in [0.25, 0.3) is 0 Å². The van der Waals surface area contributed by atoms with Gasteiger partial charge in [0.2, 0.25) is 0 Å². The minimum absolute atomic E-state index is 0.769. The highest BCUT2D eigenvalue weighted by Gasteiger charge is 1.96. The molecule has 1 N–H and O–H groups in total. The van der Waals surface area contributed by atoms with Gasteiger partial charge in [-0.2, -0.15) is 0 Å². The third-order valence-corrected chi connectivity index (χ3v) is 2.73. The summed E-state index contributed by atoms with van der Waals surface area (Å²) < 4.78 is 5.51. The second-order valence-corrected chi connectivity index (χ2v) is 4.69. The fraction of sp³-hybridized carbons (Fsp3) is 0.556. The molecule has 0 bridgehead atoms. The molecule has 0 fully saturated rings. The highest BCUT2D eigenvalue weighted by Crippen LogP contribution is 2.18. The summed E-state index contributed by atoms with van der Waals surface area (Å²) in [5.74, 6) is 0.925. The number of nitrogens with one attached hydrogen (secondary N) is 1. The second-order valence-electron chi connectivity index (χ2n) is 4.69. The molecule has 0 aliphatic heterocycles. The molecule has 0 heterocycles. The smallest absolute Gasteiger partial charge is 0.126 e. The van der Waals surface area contributed by atoms with Crippen molar-refractivity contribution in [1.82, 2.24) is 5.32 Å². The Hall–Kier alpha value is -1.28. The molecule has 0 amide bonds. The number of hydrogen-bond donors (Lipinski definition) is 1. The monoisotopic (exact) mass is 277 g/mol. The van der Waals surface area contributed by atoms with Crippen LogP contribution in [0, 0.1) is 0 Å². The Morgan fingerprint density at radius 2 is 1.80 bits per heavy atom. The number of rotatable bonds is 9. The van der Waals surface area contributed by atoms with Gasteiger partial charge in [-0.05, 0) is 38.4 Å². The van der Waals surface area contributed by atoms with E-state index < -0.39 is 0 Å². The van der Waals surface area contributed by atoms with Crippen molar-refractivity contribution in [2.75, 3.05) is 19.7 Å². The summed E-state index contributed by atoms with van der Waals surface area (Å²) in [6.07, 6.45) is 6.72. The van der Waals surface area contributed by atoms with Gasteiger partial charge in [0.1, 0.15) is 5.75 Å². The molecule has 114 valence electrons. The number of benzene rings is 1. The van der Waals surface area contributed by atoms with E-state index in [0.29, 0.717) is 0 Å². The summed E-state index contributed by atoms with van der Waals surface area (Å²) >= 11 is 0. The molecule has 2 nitrogen and oxygen atoms in total. The Bertz CT molecular complexity index is 330. The highest BCUT2D eigenvalue weighted by molar-refractivity contribution is 5.55. The molecule has 1 aromatic carbocycles. The van der Waals surface area contributed by atoms with Crippen LogP contribution in [0.1, 0.15) is 52.0 Å². The molecule has 1 aromatic rings. The summed E-state index contributed by atoms with van der Waals surface area (Å²) in [6, 6.07) is 7.92. The Balaban J connectivity index is 0.000000396. The molecule has 0 radical (unpaired) electrons. The topological polar surface area (TPSA) is 21.3 Å². The molecule has 2 heteroatoms. The van der Waals surface area contributed by atoms with Crippen LogP contribution in [0.2, 0.25) is 0 Å². The van der Waals surface area contributed by atoms with Crippen molar-refractivity contribution < 1.29 is 4.74 Å². The molecule has 0 spiro atoms. The molecule has 0 aliphatic carbocycles. The third kappa shape index (κ3) is 9.62. The van der Waals surface area contributed by atoms with Gasteiger partial charge < -0.3 is 10.1 Å². The lowest BCUT2D eigenvalue weighted by Crippen LogP contribution is -2.15. The van der Waals surface area contributed by atoms with Crippen LogP contribution in [0.15, 0.2) is 30.8 Å². The Labute approximate surface area is 125 Å². The number of hydrogen-bond acceptors (Lipinski definition) is 2. The summed E-state index contributed by atoms with van der Waals surface area (Å²) in [5.41, 5.74) is 1.06. The van der Waals surface area contributed by atoms with Crippen LogP contribution in [0.3, 0.4) is 0 Å². The van der Waals surface area contributed by atoms with Crippen LogP contribution in [0.4, 0.5) is 0 Å². The highest BCUT2D eigenvalue weighted by atomic mass is 16.5. The number of para-hydroxylation sites is 1. The van der Waals surface area contributed by atoms with Gasteiger partial charge in [-0.15, -0.1) is 0 Å². The molecular formula is C18H31NO. The van der Waals surface area contributed by atoms with E-state index >= 15 is 0 Å². The average Bonchev–Trinajstić information content (AvgIpc) is 2.50. The molecule has 0 aliphatic rings. The average molecular weight is 277 g/mol. The van der Waals surface area contributed by atoms with E-state index in [2.05, 4.69) is 32.7 Å². The van der Waals surface area contributed by atoms with Gasteiger partial charge >= 0.3 is 0 Å². The van der Waals surface area contributed by atoms with Gasteiger partial charge in [0.05, 0.1) is 6.61 Å². The van der Waals surface area contributed by atoms with Gasteiger partial charge in [-0.1, -0.05) is 58.0 Å². The van der Waals surface area contributed by atoms with E-state index in [1.54, 1.807) is 0 Å². The summed E-state index contributed by atoms with van der Waals surface area (Å²) in [4.78, 5) is 0. The summed E-state index contributed by atoms with van der Waals surface area (Å²) in [7, 11) is 0. The van der Waals surface area contributed by atoms with Crippen molar-refractivity contribution in [2.24, 2.45) is 0 Å². The molecular weight excluding hydrogens is 246 g/mol. The molecule has 0 unspecified atom stereocenters. The van der Waals surface area contributed by atoms with Gasteiger partial charge in [0, 0.05) is 5.56 Å².